The number of nitro groups is 1. The van der Waals surface area contributed by atoms with Gasteiger partial charge < -0.3 is 5.32 Å². The Morgan fingerprint density at radius 3 is 2.47 bits per heavy atom. The molecule has 3 heterocycles. The molecule has 1 aromatic carbocycles. The highest BCUT2D eigenvalue weighted by Gasteiger charge is 2.23. The molecule has 0 radical (unpaired) electrons. The fourth-order valence-corrected chi connectivity index (χ4v) is 5.66. The largest absolute Gasteiger partial charge is 0.324 e. The predicted molar refractivity (Wildman–Crippen MR) is 135 cm³/mol. The molecule has 0 saturated heterocycles. The molecule has 0 bridgehead atoms. The number of thiophene rings is 1. The SMILES string of the molecule is CS(=O)(=O)c1ccc(-c2nc(NC(=O)c3ccc([N+](=O)[O-])s3)c3cnn(C4CCCCC4)c3n2)cc1. The predicted octanol–water partition coefficient (Wildman–Crippen LogP) is 4.62. The minimum atomic E-state index is -3.37. The van der Waals surface area contributed by atoms with Crippen molar-refractivity contribution in [1.82, 2.24) is 19.7 Å². The van der Waals surface area contributed by atoms with Gasteiger partial charge in [0.1, 0.15) is 5.82 Å². The second-order valence-corrected chi connectivity index (χ2v) is 11.7. The quantitative estimate of drug-likeness (QED) is 0.282. The summed E-state index contributed by atoms with van der Waals surface area (Å²) in [4.78, 5) is 33.1. The van der Waals surface area contributed by atoms with E-state index < -0.39 is 20.7 Å². The van der Waals surface area contributed by atoms with Crippen LogP contribution in [0.1, 0.15) is 47.8 Å². The lowest BCUT2D eigenvalue weighted by atomic mass is 9.96. The number of anilines is 1. The average Bonchev–Trinajstić information content (AvgIpc) is 3.52. The van der Waals surface area contributed by atoms with Crippen molar-refractivity contribution in [2.45, 2.75) is 43.0 Å². The Morgan fingerprint density at radius 1 is 1.11 bits per heavy atom. The van der Waals surface area contributed by atoms with Gasteiger partial charge in [0.05, 0.1) is 32.3 Å². The number of fused-ring (bicyclic) bond motifs is 1. The van der Waals surface area contributed by atoms with Gasteiger partial charge in [-0.15, -0.1) is 0 Å². The number of hydrogen-bond acceptors (Lipinski definition) is 9. The number of hydrogen-bond donors (Lipinski definition) is 1. The number of carbonyl (C=O) groups excluding carboxylic acids is 1. The van der Waals surface area contributed by atoms with Crippen LogP contribution in [0.25, 0.3) is 22.4 Å². The maximum atomic E-state index is 12.9. The van der Waals surface area contributed by atoms with Crippen LogP contribution in [0.5, 0.6) is 0 Å². The number of carbonyl (C=O) groups is 1. The zero-order valence-electron chi connectivity index (χ0n) is 19.2. The average molecular weight is 527 g/mol. The van der Waals surface area contributed by atoms with Gasteiger partial charge in [-0.1, -0.05) is 30.6 Å². The van der Waals surface area contributed by atoms with E-state index in [1.165, 1.54) is 30.7 Å². The van der Waals surface area contributed by atoms with Crippen molar-refractivity contribution >= 4 is 48.9 Å². The molecule has 1 aliphatic rings. The summed E-state index contributed by atoms with van der Waals surface area (Å²) in [6.07, 6.45) is 8.06. The number of rotatable bonds is 6. The molecular weight excluding hydrogens is 504 g/mol. The van der Waals surface area contributed by atoms with Gasteiger partial charge in [0.25, 0.3) is 5.91 Å². The third-order valence-corrected chi connectivity index (χ3v) is 8.31. The van der Waals surface area contributed by atoms with E-state index in [1.807, 2.05) is 4.68 Å². The van der Waals surface area contributed by atoms with Gasteiger partial charge >= 0.3 is 5.00 Å². The van der Waals surface area contributed by atoms with E-state index in [4.69, 9.17) is 4.98 Å². The Morgan fingerprint density at radius 2 is 1.83 bits per heavy atom. The molecule has 4 aromatic rings. The van der Waals surface area contributed by atoms with Gasteiger partial charge in [-0.25, -0.2) is 23.1 Å². The zero-order valence-corrected chi connectivity index (χ0v) is 20.9. The summed E-state index contributed by atoms with van der Waals surface area (Å²) in [7, 11) is -3.37. The molecule has 0 aliphatic heterocycles. The first-order valence-corrected chi connectivity index (χ1v) is 14.0. The topological polar surface area (TPSA) is 150 Å². The van der Waals surface area contributed by atoms with Crippen LogP contribution in [0.4, 0.5) is 10.8 Å². The molecule has 0 unspecified atom stereocenters. The van der Waals surface area contributed by atoms with Gasteiger partial charge in [-0.3, -0.25) is 14.9 Å². The van der Waals surface area contributed by atoms with Crippen molar-refractivity contribution < 1.29 is 18.1 Å². The maximum absolute atomic E-state index is 12.9. The molecule has 0 spiro atoms. The van der Waals surface area contributed by atoms with Gasteiger partial charge in [0.2, 0.25) is 0 Å². The molecule has 5 rings (SSSR count). The first kappa shape index (κ1) is 24.0. The van der Waals surface area contributed by atoms with Crippen LogP contribution in [-0.2, 0) is 9.84 Å². The normalized spacial score (nSPS) is 14.7. The van der Waals surface area contributed by atoms with Crippen molar-refractivity contribution in [3.8, 4) is 11.4 Å². The number of aromatic nitrogens is 4. The van der Waals surface area contributed by atoms with Crippen LogP contribution in [0.15, 0.2) is 47.5 Å². The van der Waals surface area contributed by atoms with Gasteiger partial charge in [-0.2, -0.15) is 5.10 Å². The summed E-state index contributed by atoms with van der Waals surface area (Å²) in [6, 6.07) is 9.06. The smallest absolute Gasteiger partial charge is 0.305 e. The molecule has 1 aliphatic carbocycles. The van der Waals surface area contributed by atoms with E-state index in [1.54, 1.807) is 18.3 Å². The molecular formula is C23H22N6O5S2. The highest BCUT2D eigenvalue weighted by atomic mass is 32.2. The van der Waals surface area contributed by atoms with E-state index in [0.29, 0.717) is 22.4 Å². The summed E-state index contributed by atoms with van der Waals surface area (Å²) in [6.45, 7) is 0. The third-order valence-electron chi connectivity index (χ3n) is 6.14. The van der Waals surface area contributed by atoms with Gasteiger partial charge in [0, 0.05) is 17.9 Å². The van der Waals surface area contributed by atoms with Crippen molar-refractivity contribution in [3.05, 3.63) is 57.6 Å². The highest BCUT2D eigenvalue weighted by molar-refractivity contribution is 7.90. The lowest BCUT2D eigenvalue weighted by Gasteiger charge is -2.22. The van der Waals surface area contributed by atoms with E-state index in [2.05, 4.69) is 15.4 Å². The summed E-state index contributed by atoms with van der Waals surface area (Å²) in [5.74, 6) is -0.00485. The Kier molecular flexibility index (Phi) is 6.26. The van der Waals surface area contributed by atoms with Crippen LogP contribution >= 0.6 is 11.3 Å². The van der Waals surface area contributed by atoms with Crippen molar-refractivity contribution in [3.63, 3.8) is 0 Å². The number of sulfone groups is 1. The standard InChI is InChI=1S/C23H22N6O5S2/c1-36(33,34)16-9-7-14(8-10-16)20-25-21(27-23(30)18-11-12-19(35-18)29(31)32)17-13-24-28(22(17)26-20)15-5-3-2-4-6-15/h7-13,15H,2-6H2,1H3,(H,25,26,27,30). The molecule has 36 heavy (non-hydrogen) atoms. The van der Waals surface area contributed by atoms with Gasteiger partial charge in [0.15, 0.2) is 21.3 Å². The summed E-state index contributed by atoms with van der Waals surface area (Å²) >= 11 is 0.774. The summed E-state index contributed by atoms with van der Waals surface area (Å²) < 4.78 is 25.6. The van der Waals surface area contributed by atoms with Crippen LogP contribution in [0.3, 0.4) is 0 Å². The van der Waals surface area contributed by atoms with E-state index in [0.717, 1.165) is 43.3 Å². The van der Waals surface area contributed by atoms with Crippen molar-refractivity contribution in [2.24, 2.45) is 0 Å². The molecule has 186 valence electrons. The maximum Gasteiger partial charge on any atom is 0.324 e. The first-order valence-electron chi connectivity index (χ1n) is 11.3. The fourth-order valence-electron chi connectivity index (χ4n) is 4.31. The van der Waals surface area contributed by atoms with Crippen molar-refractivity contribution in [2.75, 3.05) is 11.6 Å². The Hall–Kier alpha value is -3.71. The zero-order chi connectivity index (χ0) is 25.4. The fraction of sp³-hybridized carbons (Fsp3) is 0.304. The number of benzene rings is 1. The van der Waals surface area contributed by atoms with Gasteiger partial charge in [-0.05, 0) is 43.2 Å². The summed E-state index contributed by atoms with van der Waals surface area (Å²) in [5.41, 5.74) is 1.13. The Labute approximate surface area is 210 Å². The highest BCUT2D eigenvalue weighted by Crippen LogP contribution is 2.33. The second kappa shape index (κ2) is 9.39. The molecule has 3 aromatic heterocycles. The minimum absolute atomic E-state index is 0.134. The lowest BCUT2D eigenvalue weighted by molar-refractivity contribution is -0.380. The molecule has 1 amide bonds. The Bertz CT molecular complexity index is 1570. The lowest BCUT2D eigenvalue weighted by Crippen LogP contribution is -2.15. The molecule has 1 saturated carbocycles. The van der Waals surface area contributed by atoms with Crippen LogP contribution in [0, 0.1) is 10.1 Å². The molecule has 1 N–H and O–H groups in total. The van der Waals surface area contributed by atoms with E-state index >= 15 is 0 Å². The first-order chi connectivity index (χ1) is 17.2. The number of amides is 1. The third kappa shape index (κ3) is 4.71. The monoisotopic (exact) mass is 526 g/mol. The van der Waals surface area contributed by atoms with Crippen molar-refractivity contribution in [1.29, 1.82) is 0 Å². The Balaban J connectivity index is 1.58. The van der Waals surface area contributed by atoms with Crippen LogP contribution in [0.2, 0.25) is 0 Å². The van der Waals surface area contributed by atoms with Crippen LogP contribution < -0.4 is 5.32 Å². The molecule has 11 nitrogen and oxygen atoms in total. The molecule has 13 heteroatoms. The second-order valence-electron chi connectivity index (χ2n) is 8.66. The number of nitrogens with zero attached hydrogens (tertiary/aromatic N) is 5. The van der Waals surface area contributed by atoms with Crippen LogP contribution in [-0.4, -0.2) is 45.3 Å². The van der Waals surface area contributed by atoms with E-state index in [-0.39, 0.29) is 26.6 Å². The summed E-state index contributed by atoms with van der Waals surface area (Å²) in [5, 5.41) is 18.8. The molecule has 0 atom stereocenters. The molecule has 1 fully saturated rings. The number of nitrogens with one attached hydrogen (secondary N) is 1. The minimum Gasteiger partial charge on any atom is -0.305 e. The van der Waals surface area contributed by atoms with E-state index in [9.17, 15) is 23.3 Å².